The molecule has 0 fully saturated rings. The maximum Gasteiger partial charge on any atom is 0.303 e. The summed E-state index contributed by atoms with van der Waals surface area (Å²) in [5, 5.41) is 37.0. The molecule has 0 atom stereocenters. The molecule has 11 nitrogen and oxygen atoms in total. The first kappa shape index (κ1) is 23.3. The summed E-state index contributed by atoms with van der Waals surface area (Å²) >= 11 is 0. The molecule has 2 aromatic carbocycles. The molecule has 0 bridgehead atoms. The number of nitro benzene ring substituents is 2. The molecule has 1 amide bonds. The smallest absolute Gasteiger partial charge is 0.303 e. The predicted molar refractivity (Wildman–Crippen MR) is 113 cm³/mol. The van der Waals surface area contributed by atoms with Gasteiger partial charge in [0.25, 0.3) is 5.91 Å². The standard InChI is InChI=1S/C20H22N4O7/c1-13-6-8-15(9-7-13)22-19-16(23(28)29)11-14(12-17(19)24(30)31)20(27)21-10-4-2-3-5-18(25)26/h6-9,11-12,22H,2-5,10H2,1H3,(H,21,27)(H,25,26). The highest BCUT2D eigenvalue weighted by molar-refractivity contribution is 5.98. The van der Waals surface area contributed by atoms with E-state index in [1.54, 1.807) is 24.3 Å². The van der Waals surface area contributed by atoms with Gasteiger partial charge in [0.2, 0.25) is 0 Å². The summed E-state index contributed by atoms with van der Waals surface area (Å²) < 4.78 is 0. The molecule has 0 heterocycles. The number of carboxylic acids is 1. The molecule has 0 aliphatic rings. The average molecular weight is 430 g/mol. The Morgan fingerprint density at radius 2 is 1.55 bits per heavy atom. The van der Waals surface area contributed by atoms with Crippen molar-refractivity contribution in [1.82, 2.24) is 5.32 Å². The fraction of sp³-hybridized carbons (Fsp3) is 0.300. The first-order valence-electron chi connectivity index (χ1n) is 9.49. The Labute approximate surface area is 177 Å². The third-order valence-electron chi connectivity index (χ3n) is 4.43. The van der Waals surface area contributed by atoms with Crippen LogP contribution in [0.2, 0.25) is 0 Å². The lowest BCUT2D eigenvalue weighted by molar-refractivity contribution is -0.392. The van der Waals surface area contributed by atoms with Crippen LogP contribution >= 0.6 is 0 Å². The predicted octanol–water partition coefficient (Wildman–Crippen LogP) is 3.93. The van der Waals surface area contributed by atoms with E-state index in [0.717, 1.165) is 17.7 Å². The highest BCUT2D eigenvalue weighted by Gasteiger charge is 2.28. The largest absolute Gasteiger partial charge is 0.481 e. The van der Waals surface area contributed by atoms with Crippen molar-refractivity contribution < 1.29 is 24.5 Å². The van der Waals surface area contributed by atoms with Gasteiger partial charge < -0.3 is 15.7 Å². The van der Waals surface area contributed by atoms with E-state index < -0.39 is 33.1 Å². The zero-order valence-corrected chi connectivity index (χ0v) is 16.8. The van der Waals surface area contributed by atoms with E-state index in [-0.39, 0.29) is 24.2 Å². The summed E-state index contributed by atoms with van der Waals surface area (Å²) in [5.41, 5.74) is -0.342. The number of carboxylic acid groups (broad SMARTS) is 1. The van der Waals surface area contributed by atoms with Gasteiger partial charge in [-0.3, -0.25) is 29.8 Å². The summed E-state index contributed by atoms with van der Waals surface area (Å²) in [5.74, 6) is -1.59. The van der Waals surface area contributed by atoms with Gasteiger partial charge >= 0.3 is 17.3 Å². The molecule has 0 aromatic heterocycles. The maximum absolute atomic E-state index is 12.4. The highest BCUT2D eigenvalue weighted by atomic mass is 16.6. The minimum absolute atomic E-state index is 0.0295. The number of hydrogen-bond acceptors (Lipinski definition) is 7. The van der Waals surface area contributed by atoms with Crippen molar-refractivity contribution in [3.8, 4) is 0 Å². The molecule has 0 aliphatic carbocycles. The van der Waals surface area contributed by atoms with Crippen LogP contribution < -0.4 is 10.6 Å². The van der Waals surface area contributed by atoms with Crippen LogP contribution in [0.5, 0.6) is 0 Å². The first-order chi connectivity index (χ1) is 14.7. The number of benzene rings is 2. The summed E-state index contributed by atoms with van der Waals surface area (Å²) in [6.07, 6.45) is 1.58. The number of aliphatic carboxylic acids is 1. The number of nitrogens with one attached hydrogen (secondary N) is 2. The van der Waals surface area contributed by atoms with Gasteiger partial charge in [-0.05, 0) is 31.9 Å². The van der Waals surface area contributed by atoms with Gasteiger partial charge in [0.05, 0.1) is 15.4 Å². The Hall–Kier alpha value is -4.02. The first-order valence-corrected chi connectivity index (χ1v) is 9.49. The van der Waals surface area contributed by atoms with E-state index in [2.05, 4.69) is 10.6 Å². The van der Waals surface area contributed by atoms with Crippen molar-refractivity contribution in [2.45, 2.75) is 32.6 Å². The summed E-state index contributed by atoms with van der Waals surface area (Å²) in [7, 11) is 0. The average Bonchev–Trinajstić information content (AvgIpc) is 2.71. The highest BCUT2D eigenvalue weighted by Crippen LogP contribution is 2.37. The number of aryl methyl sites for hydroxylation is 1. The molecular formula is C20H22N4O7. The van der Waals surface area contributed by atoms with Crippen LogP contribution in [0, 0.1) is 27.2 Å². The van der Waals surface area contributed by atoms with E-state index in [0.29, 0.717) is 24.9 Å². The quantitative estimate of drug-likeness (QED) is 0.274. The zero-order valence-electron chi connectivity index (χ0n) is 16.8. The van der Waals surface area contributed by atoms with E-state index in [1.807, 2.05) is 6.92 Å². The number of hydrogen-bond donors (Lipinski definition) is 3. The van der Waals surface area contributed by atoms with Crippen molar-refractivity contribution in [1.29, 1.82) is 0 Å². The Balaban J connectivity index is 2.22. The van der Waals surface area contributed by atoms with Gasteiger partial charge in [0, 0.05) is 30.8 Å². The normalized spacial score (nSPS) is 10.4. The van der Waals surface area contributed by atoms with E-state index in [1.165, 1.54) is 0 Å². The van der Waals surface area contributed by atoms with Crippen molar-refractivity contribution in [2.24, 2.45) is 0 Å². The second-order valence-electron chi connectivity index (χ2n) is 6.86. The summed E-state index contributed by atoms with van der Waals surface area (Å²) in [4.78, 5) is 44.4. The van der Waals surface area contributed by atoms with Crippen molar-refractivity contribution >= 4 is 34.6 Å². The fourth-order valence-corrected chi connectivity index (χ4v) is 2.82. The van der Waals surface area contributed by atoms with Gasteiger partial charge in [-0.2, -0.15) is 0 Å². The van der Waals surface area contributed by atoms with Gasteiger partial charge in [-0.15, -0.1) is 0 Å². The van der Waals surface area contributed by atoms with E-state index >= 15 is 0 Å². The Bertz CT molecular complexity index is 955. The number of nitro groups is 2. The lowest BCUT2D eigenvalue weighted by Gasteiger charge is -2.10. The molecular weight excluding hydrogens is 408 g/mol. The molecule has 0 unspecified atom stereocenters. The van der Waals surface area contributed by atoms with Gasteiger partial charge in [0.15, 0.2) is 5.69 Å². The van der Waals surface area contributed by atoms with Crippen molar-refractivity contribution in [2.75, 3.05) is 11.9 Å². The summed E-state index contributed by atoms with van der Waals surface area (Å²) in [6.45, 7) is 2.07. The van der Waals surface area contributed by atoms with Crippen LogP contribution in [-0.2, 0) is 4.79 Å². The molecule has 11 heteroatoms. The number of rotatable bonds is 11. The number of anilines is 2. The third kappa shape index (κ3) is 6.77. The van der Waals surface area contributed by atoms with Gasteiger partial charge in [-0.25, -0.2) is 0 Å². The number of nitrogens with zero attached hydrogens (tertiary/aromatic N) is 2. The molecule has 2 aromatic rings. The molecule has 0 aliphatic heterocycles. The second-order valence-corrected chi connectivity index (χ2v) is 6.86. The lowest BCUT2D eigenvalue weighted by Crippen LogP contribution is -2.24. The SMILES string of the molecule is Cc1ccc(Nc2c([N+](=O)[O-])cc(C(=O)NCCCCCC(=O)O)cc2[N+](=O)[O-])cc1. The van der Waals surface area contributed by atoms with Crippen LogP contribution in [-0.4, -0.2) is 33.4 Å². The maximum atomic E-state index is 12.4. The Morgan fingerprint density at radius 3 is 2.06 bits per heavy atom. The summed E-state index contributed by atoms with van der Waals surface area (Å²) in [6, 6.07) is 8.74. The second kappa shape index (κ2) is 10.7. The molecule has 164 valence electrons. The molecule has 0 saturated carbocycles. The fourth-order valence-electron chi connectivity index (χ4n) is 2.82. The van der Waals surface area contributed by atoms with E-state index in [9.17, 15) is 29.8 Å². The van der Waals surface area contributed by atoms with Crippen molar-refractivity contribution in [3.05, 3.63) is 67.8 Å². The van der Waals surface area contributed by atoms with Crippen LogP contribution in [0.4, 0.5) is 22.7 Å². The Morgan fingerprint density at radius 1 is 0.968 bits per heavy atom. The molecule has 0 spiro atoms. The van der Waals surface area contributed by atoms with E-state index in [4.69, 9.17) is 5.11 Å². The number of carbonyl (C=O) groups excluding carboxylic acids is 1. The molecule has 2 rings (SSSR count). The molecule has 31 heavy (non-hydrogen) atoms. The minimum Gasteiger partial charge on any atom is -0.481 e. The van der Waals surface area contributed by atoms with Crippen LogP contribution in [0.3, 0.4) is 0 Å². The van der Waals surface area contributed by atoms with Crippen molar-refractivity contribution in [3.63, 3.8) is 0 Å². The third-order valence-corrected chi connectivity index (χ3v) is 4.43. The molecule has 3 N–H and O–H groups in total. The lowest BCUT2D eigenvalue weighted by atomic mass is 10.1. The Kier molecular flexibility index (Phi) is 8.01. The van der Waals surface area contributed by atoms with Crippen LogP contribution in [0.15, 0.2) is 36.4 Å². The number of unbranched alkanes of at least 4 members (excludes halogenated alkanes) is 2. The monoisotopic (exact) mass is 430 g/mol. The van der Waals surface area contributed by atoms with Gasteiger partial charge in [0.1, 0.15) is 0 Å². The van der Waals surface area contributed by atoms with Gasteiger partial charge in [-0.1, -0.05) is 24.1 Å². The van der Waals surface area contributed by atoms with Crippen LogP contribution in [0.1, 0.15) is 41.6 Å². The molecule has 0 radical (unpaired) electrons. The topological polar surface area (TPSA) is 165 Å². The van der Waals surface area contributed by atoms with Crippen LogP contribution in [0.25, 0.3) is 0 Å². The minimum atomic E-state index is -0.900. The zero-order chi connectivity index (χ0) is 23.0. The number of amides is 1. The number of carbonyl (C=O) groups is 2. The molecule has 0 saturated heterocycles.